The fraction of sp³-hybridized carbons (Fsp3) is 0.520. The van der Waals surface area contributed by atoms with Crippen LogP contribution in [0.1, 0.15) is 70.4 Å². The second-order valence-corrected chi connectivity index (χ2v) is 9.65. The molecule has 0 N–H and O–H groups in total. The smallest absolute Gasteiger partial charge is 0.465 e. The molecule has 0 amide bonds. The second-order valence-electron chi connectivity index (χ2n) is 9.65. The number of methoxy groups -OCH3 is 1. The molecule has 2 aromatic carbocycles. The van der Waals surface area contributed by atoms with E-state index < -0.39 is 0 Å². The average Bonchev–Trinajstić information content (AvgIpc) is 2.90. The second kappa shape index (κ2) is 7.18. The lowest BCUT2D eigenvalue weighted by Crippen LogP contribution is -2.50. The monoisotopic (exact) mass is 392 g/mol. The molecular weight excluding hydrogens is 359 g/mol. The number of ether oxygens (including phenoxy) is 1. The van der Waals surface area contributed by atoms with Crippen LogP contribution in [0, 0.1) is 0 Å². The Bertz CT molecular complexity index is 830. The summed E-state index contributed by atoms with van der Waals surface area (Å²) in [7, 11) is 1.51. The maximum absolute atomic E-state index is 6.60. The Balaban J connectivity index is 1.74. The molecule has 4 heteroatoms. The third kappa shape index (κ3) is 3.21. The molecule has 3 nitrogen and oxygen atoms in total. The summed E-state index contributed by atoms with van der Waals surface area (Å²) in [6.45, 7) is 10.9. The van der Waals surface area contributed by atoms with Gasteiger partial charge in [-0.2, -0.15) is 0 Å². The molecule has 2 fully saturated rings. The Morgan fingerprint density at radius 3 is 2.00 bits per heavy atom. The third-order valence-corrected chi connectivity index (χ3v) is 7.71. The summed E-state index contributed by atoms with van der Waals surface area (Å²) in [4.78, 5) is 0. The molecule has 1 saturated carbocycles. The molecule has 0 radical (unpaired) electrons. The molecule has 3 atom stereocenters. The Labute approximate surface area is 175 Å². The van der Waals surface area contributed by atoms with Gasteiger partial charge in [0.2, 0.25) is 0 Å². The van der Waals surface area contributed by atoms with Crippen molar-refractivity contribution in [2.24, 2.45) is 0 Å². The summed E-state index contributed by atoms with van der Waals surface area (Å²) >= 11 is 0. The predicted octanol–water partition coefficient (Wildman–Crippen LogP) is 6.21. The van der Waals surface area contributed by atoms with E-state index in [4.69, 9.17) is 14.0 Å². The van der Waals surface area contributed by atoms with Crippen molar-refractivity contribution in [2.45, 2.75) is 75.8 Å². The number of hydrogen-bond acceptors (Lipinski definition) is 3. The molecule has 1 aliphatic carbocycles. The summed E-state index contributed by atoms with van der Waals surface area (Å²) in [6, 6.07) is 19.5. The van der Waals surface area contributed by atoms with E-state index >= 15 is 0 Å². The van der Waals surface area contributed by atoms with Crippen LogP contribution in [0.4, 0.5) is 0 Å². The van der Waals surface area contributed by atoms with Gasteiger partial charge in [-0.25, -0.2) is 0 Å². The van der Waals surface area contributed by atoms with Crippen molar-refractivity contribution in [1.29, 1.82) is 0 Å². The first-order valence-corrected chi connectivity index (χ1v) is 10.8. The Morgan fingerprint density at radius 2 is 1.48 bits per heavy atom. The van der Waals surface area contributed by atoms with E-state index in [1.807, 2.05) is 0 Å². The van der Waals surface area contributed by atoms with Crippen molar-refractivity contribution < 1.29 is 14.0 Å². The van der Waals surface area contributed by atoms with Crippen molar-refractivity contribution in [3.8, 4) is 5.75 Å². The predicted molar refractivity (Wildman–Crippen MR) is 119 cm³/mol. The van der Waals surface area contributed by atoms with Crippen LogP contribution in [0.15, 0.2) is 54.6 Å². The van der Waals surface area contributed by atoms with Gasteiger partial charge in [-0.1, -0.05) is 55.8 Å². The van der Waals surface area contributed by atoms with Gasteiger partial charge < -0.3 is 14.0 Å². The van der Waals surface area contributed by atoms with E-state index in [0.29, 0.717) is 11.8 Å². The van der Waals surface area contributed by atoms with E-state index in [9.17, 15) is 0 Å². The van der Waals surface area contributed by atoms with E-state index in [1.54, 1.807) is 7.11 Å². The van der Waals surface area contributed by atoms with Gasteiger partial charge >= 0.3 is 7.12 Å². The van der Waals surface area contributed by atoms with Gasteiger partial charge in [0.25, 0.3) is 0 Å². The summed E-state index contributed by atoms with van der Waals surface area (Å²) < 4.78 is 18.6. The Kier molecular flexibility index (Phi) is 5.07. The van der Waals surface area contributed by atoms with Crippen LogP contribution in [0.5, 0.6) is 5.75 Å². The largest absolute Gasteiger partial charge is 0.497 e. The van der Waals surface area contributed by atoms with Crippen LogP contribution in [0.25, 0.3) is 0 Å². The van der Waals surface area contributed by atoms with Gasteiger partial charge in [0.05, 0.1) is 18.3 Å². The molecule has 0 aromatic heterocycles. The van der Waals surface area contributed by atoms with Gasteiger partial charge in [0.1, 0.15) is 5.75 Å². The molecule has 1 aliphatic heterocycles. The zero-order valence-electron chi connectivity index (χ0n) is 18.6. The lowest BCUT2D eigenvalue weighted by atomic mass is 9.35. The van der Waals surface area contributed by atoms with E-state index in [1.165, 1.54) is 11.1 Å². The minimum absolute atomic E-state index is 0.0415. The molecule has 29 heavy (non-hydrogen) atoms. The summed E-state index contributed by atoms with van der Waals surface area (Å²) in [5.41, 5.74) is 2.10. The summed E-state index contributed by atoms with van der Waals surface area (Å²) in [5, 5.41) is -0.0415. The van der Waals surface area contributed by atoms with Crippen molar-refractivity contribution in [2.75, 3.05) is 7.11 Å². The zero-order valence-corrected chi connectivity index (χ0v) is 18.6. The quantitative estimate of drug-likeness (QED) is 0.567. The molecular formula is C25H33BO3. The van der Waals surface area contributed by atoms with Crippen LogP contribution in [-0.4, -0.2) is 25.4 Å². The molecule has 4 rings (SSSR count). The van der Waals surface area contributed by atoms with E-state index in [0.717, 1.165) is 18.6 Å². The molecule has 1 saturated heterocycles. The zero-order chi connectivity index (χ0) is 20.9. The van der Waals surface area contributed by atoms with Crippen LogP contribution < -0.4 is 4.74 Å². The van der Waals surface area contributed by atoms with Gasteiger partial charge in [0, 0.05) is 5.31 Å². The summed E-state index contributed by atoms with van der Waals surface area (Å²) in [5.74, 6) is 1.70. The van der Waals surface area contributed by atoms with Crippen LogP contribution in [-0.2, 0) is 9.31 Å². The molecule has 1 heterocycles. The fourth-order valence-corrected chi connectivity index (χ4v) is 5.13. The highest BCUT2D eigenvalue weighted by atomic mass is 16.7. The van der Waals surface area contributed by atoms with E-state index in [2.05, 4.69) is 89.2 Å². The first-order valence-electron chi connectivity index (χ1n) is 10.8. The number of rotatable bonds is 5. The van der Waals surface area contributed by atoms with Crippen molar-refractivity contribution >= 4 is 7.12 Å². The molecule has 2 aromatic rings. The maximum atomic E-state index is 6.60. The highest BCUT2D eigenvalue weighted by molar-refractivity contribution is 6.50. The molecule has 2 aliphatic rings. The topological polar surface area (TPSA) is 27.7 Å². The molecule has 2 unspecified atom stereocenters. The average molecular weight is 392 g/mol. The Morgan fingerprint density at radius 1 is 0.897 bits per heavy atom. The molecule has 0 spiro atoms. The number of hydrogen-bond donors (Lipinski definition) is 0. The highest BCUT2D eigenvalue weighted by Crippen LogP contribution is 2.71. The third-order valence-electron chi connectivity index (χ3n) is 7.71. The first-order chi connectivity index (χ1) is 13.7. The molecule has 154 valence electrons. The van der Waals surface area contributed by atoms with Crippen LogP contribution >= 0.6 is 0 Å². The minimum atomic E-state index is -0.317. The lowest BCUT2D eigenvalue weighted by Gasteiger charge is -2.56. The maximum Gasteiger partial charge on any atom is 0.465 e. The standard InChI is InChI=1S/C25H33BO3/c1-7-25(26-28-23(2,3)24(4,5)29-26)17-21(18-11-9-8-10-12-18)22(25)19-13-15-20(27-6)16-14-19/h8-16,21-22H,7,17H2,1-6H3/t21?,22?,25-/m1/s1. The number of benzene rings is 2. The SMILES string of the molecule is CC[C@@]1(B2OC(C)(C)C(C)(C)O2)CC(c2ccccc2)C1c1ccc(OC)cc1. The summed E-state index contributed by atoms with van der Waals surface area (Å²) in [6.07, 6.45) is 2.09. The van der Waals surface area contributed by atoms with Crippen LogP contribution in [0.2, 0.25) is 5.31 Å². The highest BCUT2D eigenvalue weighted by Gasteiger charge is 2.67. The lowest BCUT2D eigenvalue weighted by molar-refractivity contribution is 0.00578. The first kappa shape index (κ1) is 20.5. The Hall–Kier alpha value is -1.78. The van der Waals surface area contributed by atoms with Gasteiger partial charge in [-0.3, -0.25) is 0 Å². The normalized spacial score (nSPS) is 30.1. The van der Waals surface area contributed by atoms with Gasteiger partial charge in [-0.05, 0) is 69.2 Å². The van der Waals surface area contributed by atoms with Crippen molar-refractivity contribution in [1.82, 2.24) is 0 Å². The van der Waals surface area contributed by atoms with Gasteiger partial charge in [-0.15, -0.1) is 0 Å². The van der Waals surface area contributed by atoms with Crippen molar-refractivity contribution in [3.63, 3.8) is 0 Å². The minimum Gasteiger partial charge on any atom is -0.497 e. The van der Waals surface area contributed by atoms with E-state index in [-0.39, 0.29) is 23.6 Å². The molecule has 0 bridgehead atoms. The van der Waals surface area contributed by atoms with Gasteiger partial charge in [0.15, 0.2) is 0 Å². The van der Waals surface area contributed by atoms with Crippen LogP contribution in [0.3, 0.4) is 0 Å². The fourth-order valence-electron chi connectivity index (χ4n) is 5.13. The van der Waals surface area contributed by atoms with Crippen molar-refractivity contribution in [3.05, 3.63) is 65.7 Å².